The molecule has 0 bridgehead atoms. The number of rotatable bonds is 11. The summed E-state index contributed by atoms with van der Waals surface area (Å²) in [7, 11) is 1.94. The zero-order valence-corrected chi connectivity index (χ0v) is 25.7. The number of hydrogen-bond acceptors (Lipinski definition) is 5. The molecule has 0 saturated carbocycles. The van der Waals surface area contributed by atoms with Gasteiger partial charge in [0.25, 0.3) is 0 Å². The zero-order chi connectivity index (χ0) is 29.6. The second-order valence-electron chi connectivity index (χ2n) is 9.80. The normalized spacial score (nSPS) is 12.1. The molecule has 1 heterocycles. The van der Waals surface area contributed by atoms with E-state index in [0.717, 1.165) is 22.4 Å². The van der Waals surface area contributed by atoms with Crippen LogP contribution in [-0.4, -0.2) is 28.2 Å². The Bertz CT molecular complexity index is 1430. The van der Waals surface area contributed by atoms with Crippen LogP contribution in [0.5, 0.6) is 0 Å². The summed E-state index contributed by atoms with van der Waals surface area (Å²) in [6, 6.07) is 12.1. The molecule has 0 saturated heterocycles. The third kappa shape index (κ3) is 7.51. The molecule has 1 N–H and O–H groups in total. The third-order valence-electron chi connectivity index (χ3n) is 6.18. The lowest BCUT2D eigenvalue weighted by atomic mass is 10.0. The Balaban J connectivity index is 1.85. The number of aromatic nitrogens is 1. The van der Waals surface area contributed by atoms with Crippen LogP contribution in [0, 0.1) is 0 Å². The van der Waals surface area contributed by atoms with Crippen molar-refractivity contribution in [1.82, 2.24) is 10.1 Å². The molecule has 212 valence electrons. The van der Waals surface area contributed by atoms with Crippen molar-refractivity contribution in [2.24, 2.45) is 0 Å². The number of benzene rings is 2. The molecule has 2 aromatic carbocycles. The van der Waals surface area contributed by atoms with Gasteiger partial charge >= 0.3 is 5.97 Å². The van der Waals surface area contributed by atoms with Crippen LogP contribution in [0.15, 0.2) is 81.2 Å². The highest BCUT2D eigenvalue weighted by atomic mass is 35.5. The van der Waals surface area contributed by atoms with Crippen molar-refractivity contribution in [3.63, 3.8) is 0 Å². The van der Waals surface area contributed by atoms with Gasteiger partial charge in [0, 0.05) is 31.1 Å². The van der Waals surface area contributed by atoms with Gasteiger partial charge in [0.1, 0.15) is 23.8 Å². The van der Waals surface area contributed by atoms with E-state index in [9.17, 15) is 4.79 Å². The number of hydrogen-bond donors (Lipinski definition) is 1. The maximum absolute atomic E-state index is 11.2. The molecule has 1 aromatic heterocycles. The van der Waals surface area contributed by atoms with E-state index >= 15 is 0 Å². The number of likely N-dealkylation sites (N-methyl/N-ethyl adjacent to an activating group) is 1. The van der Waals surface area contributed by atoms with Gasteiger partial charge in [0.2, 0.25) is 0 Å². The van der Waals surface area contributed by atoms with Crippen molar-refractivity contribution in [1.29, 1.82) is 0 Å². The van der Waals surface area contributed by atoms with E-state index in [2.05, 4.69) is 5.16 Å². The van der Waals surface area contributed by atoms with Crippen LogP contribution < -0.4 is 0 Å². The minimum Gasteiger partial charge on any atom is -0.489 e. The highest BCUT2D eigenvalue weighted by molar-refractivity contribution is 6.39. The number of allylic oxidation sites excluding steroid dienone is 4. The largest absolute Gasteiger partial charge is 0.489 e. The van der Waals surface area contributed by atoms with E-state index in [-0.39, 0.29) is 18.1 Å². The number of carboxylic acids is 1. The van der Waals surface area contributed by atoms with E-state index < -0.39 is 5.97 Å². The first-order chi connectivity index (χ1) is 18.9. The summed E-state index contributed by atoms with van der Waals surface area (Å²) in [5.74, 6) is 0.360. The number of ether oxygens (including phenoxy) is 1. The molecule has 9 heteroatoms. The summed E-state index contributed by atoms with van der Waals surface area (Å²) in [6.07, 6.45) is 3.61. The van der Waals surface area contributed by atoms with Crippen LogP contribution in [0.4, 0.5) is 0 Å². The van der Waals surface area contributed by atoms with Gasteiger partial charge < -0.3 is 19.3 Å². The Kier molecular flexibility index (Phi) is 10.9. The van der Waals surface area contributed by atoms with Gasteiger partial charge in [-0.3, -0.25) is 0 Å². The fourth-order valence-corrected chi connectivity index (χ4v) is 5.32. The maximum Gasteiger partial charge on any atom is 0.335 e. The Morgan fingerprint density at radius 2 is 1.75 bits per heavy atom. The van der Waals surface area contributed by atoms with Gasteiger partial charge in [-0.05, 0) is 56.7 Å². The van der Waals surface area contributed by atoms with Crippen molar-refractivity contribution in [2.45, 2.75) is 53.7 Å². The molecule has 0 amide bonds. The molecule has 0 aliphatic carbocycles. The molecule has 0 spiro atoms. The van der Waals surface area contributed by atoms with Crippen LogP contribution >= 0.6 is 34.8 Å². The first-order valence-electron chi connectivity index (χ1n) is 12.7. The van der Waals surface area contributed by atoms with E-state index in [4.69, 9.17) is 49.2 Å². The van der Waals surface area contributed by atoms with Gasteiger partial charge in [0.05, 0.1) is 31.9 Å². The number of halogens is 3. The monoisotopic (exact) mass is 602 g/mol. The molecule has 0 aliphatic heterocycles. The average molecular weight is 604 g/mol. The predicted molar refractivity (Wildman–Crippen MR) is 162 cm³/mol. The summed E-state index contributed by atoms with van der Waals surface area (Å²) in [4.78, 5) is 13.2. The predicted octanol–water partition coefficient (Wildman–Crippen LogP) is 9.44. The summed E-state index contributed by atoms with van der Waals surface area (Å²) in [5, 5.41) is 14.9. The topological polar surface area (TPSA) is 75.8 Å². The second kappa shape index (κ2) is 13.9. The van der Waals surface area contributed by atoms with Crippen LogP contribution in [-0.2, 0) is 17.9 Å². The minimum absolute atomic E-state index is 0.0600. The van der Waals surface area contributed by atoms with E-state index in [1.54, 1.807) is 48.5 Å². The lowest BCUT2D eigenvalue weighted by molar-refractivity contribution is 0.0697. The molecule has 3 aromatic rings. The van der Waals surface area contributed by atoms with Gasteiger partial charge in [-0.25, -0.2) is 4.79 Å². The van der Waals surface area contributed by atoms with E-state index in [1.165, 1.54) is 0 Å². The third-order valence-corrected chi connectivity index (χ3v) is 7.10. The first kappa shape index (κ1) is 31.3. The summed E-state index contributed by atoms with van der Waals surface area (Å²) in [6.45, 7) is 10.6. The molecule has 3 rings (SSSR count). The highest BCUT2D eigenvalue weighted by Crippen LogP contribution is 2.39. The Labute approximate surface area is 250 Å². The molecular weight excluding hydrogens is 571 g/mol. The Hall–Kier alpha value is -3.19. The van der Waals surface area contributed by atoms with Crippen molar-refractivity contribution >= 4 is 40.8 Å². The van der Waals surface area contributed by atoms with Crippen LogP contribution in [0.25, 0.3) is 11.3 Å². The van der Waals surface area contributed by atoms with E-state index in [1.807, 2.05) is 52.6 Å². The van der Waals surface area contributed by atoms with E-state index in [0.29, 0.717) is 44.4 Å². The minimum atomic E-state index is -0.955. The lowest BCUT2D eigenvalue weighted by Crippen LogP contribution is -2.19. The summed E-state index contributed by atoms with van der Waals surface area (Å²) >= 11 is 19.8. The van der Waals surface area contributed by atoms with Crippen LogP contribution in [0.2, 0.25) is 10.0 Å². The Morgan fingerprint density at radius 3 is 2.27 bits per heavy atom. The lowest BCUT2D eigenvalue weighted by Gasteiger charge is -2.24. The summed E-state index contributed by atoms with van der Waals surface area (Å²) < 4.78 is 11.9. The molecule has 0 aliphatic rings. The van der Waals surface area contributed by atoms with Crippen LogP contribution in [0.1, 0.15) is 67.8 Å². The molecular formula is C31H33Cl3N2O4. The molecule has 0 fully saturated rings. The second-order valence-corrected chi connectivity index (χ2v) is 11.0. The molecule has 0 unspecified atom stereocenters. The first-order valence-corrected chi connectivity index (χ1v) is 13.9. The fourth-order valence-electron chi connectivity index (χ4n) is 4.30. The Morgan fingerprint density at radius 1 is 1.12 bits per heavy atom. The SMILES string of the molecule is C/C=C(\C=C(\Cl)C(=C(C)C)N(C)Cc1ccc(C(=O)O)cc1)OCc1c(-c2c(Cl)cccc2Cl)noc1C(C)C. The molecule has 0 atom stereocenters. The van der Waals surface area contributed by atoms with Crippen molar-refractivity contribution in [2.75, 3.05) is 7.05 Å². The molecule has 40 heavy (non-hydrogen) atoms. The van der Waals surface area contributed by atoms with Crippen LogP contribution in [0.3, 0.4) is 0 Å². The van der Waals surface area contributed by atoms with Gasteiger partial charge in [-0.2, -0.15) is 0 Å². The van der Waals surface area contributed by atoms with Crippen molar-refractivity contribution in [3.05, 3.63) is 109 Å². The maximum atomic E-state index is 11.2. The summed E-state index contributed by atoms with van der Waals surface area (Å²) in [5.41, 5.74) is 4.95. The molecule has 6 nitrogen and oxygen atoms in total. The number of carboxylic acid groups (broad SMARTS) is 1. The molecule has 0 radical (unpaired) electrons. The number of aromatic carboxylic acids is 1. The van der Waals surface area contributed by atoms with Crippen molar-refractivity contribution in [3.8, 4) is 11.3 Å². The smallest absolute Gasteiger partial charge is 0.335 e. The van der Waals surface area contributed by atoms with Crippen molar-refractivity contribution < 1.29 is 19.2 Å². The zero-order valence-electron chi connectivity index (χ0n) is 23.4. The fraction of sp³-hybridized carbons (Fsp3) is 0.290. The standard InChI is InChI=1S/C31H33Cl3N2O4/c1-7-22(15-26(34)29(18(2)3)36(6)16-20-11-13-21(14-12-20)31(37)38)39-17-23-28(35-40-30(23)19(4)5)27-24(32)9-8-10-25(27)33/h7-15,19H,16-17H2,1-6H3,(H,37,38)/b22-7+,26-15+. The van der Waals surface area contributed by atoms with Gasteiger partial charge in [-0.1, -0.05) is 77.6 Å². The number of nitrogens with zero attached hydrogens (tertiary/aromatic N) is 2. The number of carbonyl (C=O) groups is 1. The van der Waals surface area contributed by atoms with Gasteiger partial charge in [0.15, 0.2) is 0 Å². The highest BCUT2D eigenvalue weighted by Gasteiger charge is 2.24. The van der Waals surface area contributed by atoms with Gasteiger partial charge in [-0.15, -0.1) is 0 Å². The average Bonchev–Trinajstić information content (AvgIpc) is 3.30. The quantitative estimate of drug-likeness (QED) is 0.174.